The van der Waals surface area contributed by atoms with E-state index in [1.807, 2.05) is 10.6 Å². The number of aliphatic hydroxyl groups is 1. The maximum Gasteiger partial charge on any atom is 0.164 e. The predicted octanol–water partition coefficient (Wildman–Crippen LogP) is 0.958. The number of aromatic nitrogens is 3. The van der Waals surface area contributed by atoms with Crippen molar-refractivity contribution in [2.45, 2.75) is 25.5 Å². The molecule has 1 aliphatic heterocycles. The molecular formula is C12H13N3O2. The third kappa shape index (κ3) is 1.78. The van der Waals surface area contributed by atoms with Crippen LogP contribution in [-0.2, 0) is 13.0 Å². The molecule has 3 rings (SSSR count). The number of phenols is 1. The first kappa shape index (κ1) is 10.3. The lowest BCUT2D eigenvalue weighted by atomic mass is 10.1. The topological polar surface area (TPSA) is 71.2 Å². The number of aryl methyl sites for hydroxylation is 1. The maximum absolute atomic E-state index is 9.67. The smallest absolute Gasteiger partial charge is 0.164 e. The molecule has 0 saturated carbocycles. The number of hydrogen-bond donors (Lipinski definition) is 2. The van der Waals surface area contributed by atoms with Gasteiger partial charge in [0.05, 0.1) is 12.6 Å². The number of aliphatic hydroxyl groups excluding tert-OH is 1. The zero-order chi connectivity index (χ0) is 11.8. The molecule has 2 heterocycles. The van der Waals surface area contributed by atoms with Crippen molar-refractivity contribution in [2.75, 3.05) is 0 Å². The number of rotatable bonds is 1. The second-order valence-electron chi connectivity index (χ2n) is 4.29. The zero-order valence-electron chi connectivity index (χ0n) is 9.24. The van der Waals surface area contributed by atoms with Gasteiger partial charge in [-0.25, -0.2) is 0 Å². The second-order valence-corrected chi connectivity index (χ2v) is 4.29. The third-order valence-corrected chi connectivity index (χ3v) is 3.03. The molecule has 1 atom stereocenters. The first-order chi connectivity index (χ1) is 8.24. The number of aromatic hydroxyl groups is 1. The van der Waals surface area contributed by atoms with Crippen LogP contribution >= 0.6 is 0 Å². The summed E-state index contributed by atoms with van der Waals surface area (Å²) in [4.78, 5) is 0. The van der Waals surface area contributed by atoms with Gasteiger partial charge in [0.2, 0.25) is 0 Å². The number of hydrogen-bond acceptors (Lipinski definition) is 4. The Labute approximate surface area is 98.4 Å². The van der Waals surface area contributed by atoms with Crippen molar-refractivity contribution in [3.05, 3.63) is 30.1 Å². The normalized spacial score (nSPS) is 19.0. The molecule has 88 valence electrons. The molecule has 1 aliphatic rings. The summed E-state index contributed by atoms with van der Waals surface area (Å²) in [5.41, 5.74) is 0.817. The zero-order valence-corrected chi connectivity index (χ0v) is 9.24. The SMILES string of the molecule is Oc1cccc(-c2nnc3n2CC(O)CC3)c1. The Morgan fingerprint density at radius 3 is 3.00 bits per heavy atom. The van der Waals surface area contributed by atoms with Gasteiger partial charge in [0.15, 0.2) is 5.82 Å². The monoisotopic (exact) mass is 231 g/mol. The molecule has 2 aromatic rings. The molecule has 5 nitrogen and oxygen atoms in total. The van der Waals surface area contributed by atoms with Gasteiger partial charge < -0.3 is 14.8 Å². The Morgan fingerprint density at radius 2 is 2.18 bits per heavy atom. The molecule has 17 heavy (non-hydrogen) atoms. The van der Waals surface area contributed by atoms with Crippen LogP contribution in [-0.4, -0.2) is 31.1 Å². The molecular weight excluding hydrogens is 218 g/mol. The fourth-order valence-electron chi connectivity index (χ4n) is 2.17. The minimum atomic E-state index is -0.338. The van der Waals surface area contributed by atoms with E-state index < -0.39 is 0 Å². The lowest BCUT2D eigenvalue weighted by molar-refractivity contribution is 0.131. The number of phenolic OH excluding ortho intramolecular Hbond substituents is 1. The van der Waals surface area contributed by atoms with E-state index in [0.717, 1.165) is 24.2 Å². The van der Waals surface area contributed by atoms with Crippen LogP contribution in [0.15, 0.2) is 24.3 Å². The highest BCUT2D eigenvalue weighted by Crippen LogP contribution is 2.25. The van der Waals surface area contributed by atoms with Gasteiger partial charge in [0.25, 0.3) is 0 Å². The van der Waals surface area contributed by atoms with Crippen LogP contribution in [0.2, 0.25) is 0 Å². The van der Waals surface area contributed by atoms with Crippen molar-refractivity contribution >= 4 is 0 Å². The highest BCUT2D eigenvalue weighted by atomic mass is 16.3. The van der Waals surface area contributed by atoms with Gasteiger partial charge in [0.1, 0.15) is 11.6 Å². The van der Waals surface area contributed by atoms with Crippen LogP contribution in [0, 0.1) is 0 Å². The van der Waals surface area contributed by atoms with E-state index in [2.05, 4.69) is 10.2 Å². The van der Waals surface area contributed by atoms with Crippen LogP contribution < -0.4 is 0 Å². The standard InChI is InChI=1S/C12H13N3O2/c16-9-3-1-2-8(6-9)12-14-13-11-5-4-10(17)7-15(11)12/h1-3,6,10,16-17H,4-5,7H2. The molecule has 0 fully saturated rings. The van der Waals surface area contributed by atoms with Crippen molar-refractivity contribution in [1.29, 1.82) is 0 Å². The summed E-state index contributed by atoms with van der Waals surface area (Å²) in [6, 6.07) is 6.91. The molecule has 1 aromatic carbocycles. The number of fused-ring (bicyclic) bond motifs is 1. The largest absolute Gasteiger partial charge is 0.508 e. The van der Waals surface area contributed by atoms with Crippen molar-refractivity contribution < 1.29 is 10.2 Å². The van der Waals surface area contributed by atoms with Crippen LogP contribution in [0.4, 0.5) is 0 Å². The fourth-order valence-corrected chi connectivity index (χ4v) is 2.17. The van der Waals surface area contributed by atoms with Crippen molar-refractivity contribution in [3.8, 4) is 17.1 Å². The summed E-state index contributed by atoms with van der Waals surface area (Å²) in [5.74, 6) is 1.81. The molecule has 0 aliphatic carbocycles. The Bertz CT molecular complexity index is 550. The van der Waals surface area contributed by atoms with E-state index >= 15 is 0 Å². The van der Waals surface area contributed by atoms with E-state index in [0.29, 0.717) is 12.4 Å². The first-order valence-corrected chi connectivity index (χ1v) is 5.63. The maximum atomic E-state index is 9.67. The van der Waals surface area contributed by atoms with E-state index in [1.54, 1.807) is 18.2 Å². The summed E-state index contributed by atoms with van der Waals surface area (Å²) in [7, 11) is 0. The average Bonchev–Trinajstić information content (AvgIpc) is 2.71. The van der Waals surface area contributed by atoms with E-state index in [1.165, 1.54) is 0 Å². The molecule has 0 radical (unpaired) electrons. The molecule has 1 aromatic heterocycles. The summed E-state index contributed by atoms with van der Waals surface area (Å²) in [6.07, 6.45) is 1.14. The van der Waals surface area contributed by atoms with Crippen LogP contribution in [0.3, 0.4) is 0 Å². The van der Waals surface area contributed by atoms with Gasteiger partial charge in [-0.2, -0.15) is 0 Å². The van der Waals surface area contributed by atoms with Gasteiger partial charge in [-0.15, -0.1) is 10.2 Å². The Morgan fingerprint density at radius 1 is 1.29 bits per heavy atom. The van der Waals surface area contributed by atoms with E-state index in [-0.39, 0.29) is 11.9 Å². The predicted molar refractivity (Wildman–Crippen MR) is 61.5 cm³/mol. The van der Waals surface area contributed by atoms with Gasteiger partial charge >= 0.3 is 0 Å². The Balaban J connectivity index is 2.07. The van der Waals surface area contributed by atoms with Gasteiger partial charge in [-0.1, -0.05) is 12.1 Å². The number of benzene rings is 1. The van der Waals surface area contributed by atoms with Gasteiger partial charge in [0, 0.05) is 12.0 Å². The molecule has 0 amide bonds. The van der Waals surface area contributed by atoms with Gasteiger partial charge in [-0.3, -0.25) is 0 Å². The second kappa shape index (κ2) is 3.85. The highest BCUT2D eigenvalue weighted by Gasteiger charge is 2.21. The van der Waals surface area contributed by atoms with Crippen LogP contribution in [0.25, 0.3) is 11.4 Å². The van der Waals surface area contributed by atoms with Crippen molar-refractivity contribution in [3.63, 3.8) is 0 Å². The first-order valence-electron chi connectivity index (χ1n) is 5.63. The van der Waals surface area contributed by atoms with E-state index in [4.69, 9.17) is 0 Å². The summed E-state index contributed by atoms with van der Waals surface area (Å²) in [5, 5.41) is 27.4. The van der Waals surface area contributed by atoms with Crippen LogP contribution in [0.5, 0.6) is 5.75 Å². The van der Waals surface area contributed by atoms with Gasteiger partial charge in [-0.05, 0) is 18.6 Å². The van der Waals surface area contributed by atoms with E-state index in [9.17, 15) is 10.2 Å². The third-order valence-electron chi connectivity index (χ3n) is 3.03. The Hall–Kier alpha value is -1.88. The average molecular weight is 231 g/mol. The lowest BCUT2D eigenvalue weighted by Gasteiger charge is -2.19. The Kier molecular flexibility index (Phi) is 2.33. The summed E-state index contributed by atoms with van der Waals surface area (Å²) >= 11 is 0. The van der Waals surface area contributed by atoms with Crippen molar-refractivity contribution in [1.82, 2.24) is 14.8 Å². The molecule has 0 bridgehead atoms. The molecule has 0 spiro atoms. The molecule has 1 unspecified atom stereocenters. The van der Waals surface area contributed by atoms with Crippen molar-refractivity contribution in [2.24, 2.45) is 0 Å². The minimum Gasteiger partial charge on any atom is -0.508 e. The van der Waals surface area contributed by atoms with Crippen LogP contribution in [0.1, 0.15) is 12.2 Å². The quantitative estimate of drug-likeness (QED) is 0.766. The molecule has 2 N–H and O–H groups in total. The lowest BCUT2D eigenvalue weighted by Crippen LogP contribution is -2.24. The summed E-state index contributed by atoms with van der Waals surface area (Å²) < 4.78 is 1.92. The molecule has 0 saturated heterocycles. The minimum absolute atomic E-state index is 0.205. The highest BCUT2D eigenvalue weighted by molar-refractivity contribution is 5.57. The molecule has 5 heteroatoms. The fraction of sp³-hybridized carbons (Fsp3) is 0.333. The summed E-state index contributed by atoms with van der Waals surface area (Å²) in [6.45, 7) is 0.521. The number of nitrogens with zero attached hydrogens (tertiary/aromatic N) is 3.